The number of aromatic nitrogens is 2. The molecule has 1 heterocycles. The molecule has 0 fully saturated rings. The van der Waals surface area contributed by atoms with Gasteiger partial charge in [-0.2, -0.15) is 10.5 Å². The Bertz CT molecular complexity index is 653. The zero-order valence-corrected chi connectivity index (χ0v) is 10.8. The minimum absolute atomic E-state index is 0.0565. The SMILES string of the molecule is N#Cc1nc(CBr)c(-c2ccccc2)nc1C#N. The Morgan fingerprint density at radius 1 is 1.00 bits per heavy atom. The molecule has 0 atom stereocenters. The summed E-state index contributed by atoms with van der Waals surface area (Å²) >= 11 is 3.32. The first-order chi connectivity index (χ1) is 8.80. The summed E-state index contributed by atoms with van der Waals surface area (Å²) in [6, 6.07) is 13.2. The van der Waals surface area contributed by atoms with Crippen molar-refractivity contribution < 1.29 is 0 Å². The van der Waals surface area contributed by atoms with E-state index in [2.05, 4.69) is 25.9 Å². The Labute approximate surface area is 113 Å². The van der Waals surface area contributed by atoms with Crippen molar-refractivity contribution >= 4 is 15.9 Å². The van der Waals surface area contributed by atoms with Gasteiger partial charge in [-0.1, -0.05) is 46.3 Å². The van der Waals surface area contributed by atoms with E-state index in [1.165, 1.54) is 0 Å². The van der Waals surface area contributed by atoms with E-state index in [0.29, 0.717) is 16.7 Å². The van der Waals surface area contributed by atoms with E-state index in [4.69, 9.17) is 10.5 Å². The molecule has 0 radical (unpaired) electrons. The molecule has 0 aliphatic carbocycles. The molecule has 1 aromatic carbocycles. The van der Waals surface area contributed by atoms with Crippen LogP contribution in [0.3, 0.4) is 0 Å². The van der Waals surface area contributed by atoms with Crippen molar-refractivity contribution in [2.24, 2.45) is 0 Å². The van der Waals surface area contributed by atoms with Crippen LogP contribution >= 0.6 is 15.9 Å². The maximum Gasteiger partial charge on any atom is 0.177 e. The second-order valence-electron chi connectivity index (χ2n) is 3.44. The van der Waals surface area contributed by atoms with Gasteiger partial charge in [0.1, 0.15) is 12.1 Å². The standard InChI is InChI=1S/C13H7BrN4/c14-6-10-13(9-4-2-1-3-5-9)18-12(8-16)11(7-15)17-10/h1-5H,6H2. The second-order valence-corrected chi connectivity index (χ2v) is 4.00. The van der Waals surface area contributed by atoms with E-state index in [9.17, 15) is 0 Å². The van der Waals surface area contributed by atoms with Gasteiger partial charge in [0.05, 0.1) is 11.4 Å². The predicted molar refractivity (Wildman–Crippen MR) is 69.5 cm³/mol. The van der Waals surface area contributed by atoms with Crippen LogP contribution in [0, 0.1) is 22.7 Å². The fourth-order valence-corrected chi connectivity index (χ4v) is 1.94. The first-order valence-corrected chi connectivity index (χ1v) is 6.24. The van der Waals surface area contributed by atoms with E-state index >= 15 is 0 Å². The summed E-state index contributed by atoms with van der Waals surface area (Å²) in [5.74, 6) is 0. The molecule has 0 aliphatic rings. The first kappa shape index (κ1) is 12.2. The number of nitrogens with zero attached hydrogens (tertiary/aromatic N) is 4. The first-order valence-electron chi connectivity index (χ1n) is 5.12. The van der Waals surface area contributed by atoms with Gasteiger partial charge in [-0.05, 0) is 0 Å². The number of hydrogen-bond acceptors (Lipinski definition) is 4. The van der Waals surface area contributed by atoms with Gasteiger partial charge in [0.2, 0.25) is 0 Å². The molecule has 2 rings (SSSR count). The van der Waals surface area contributed by atoms with Gasteiger partial charge in [-0.25, -0.2) is 9.97 Å². The average molecular weight is 299 g/mol. The molecule has 2 aromatic rings. The Kier molecular flexibility index (Phi) is 3.66. The van der Waals surface area contributed by atoms with Gasteiger partial charge in [0, 0.05) is 10.9 Å². The topological polar surface area (TPSA) is 73.4 Å². The number of alkyl halides is 1. The Morgan fingerprint density at radius 2 is 1.61 bits per heavy atom. The van der Waals surface area contributed by atoms with Crippen molar-refractivity contribution in [1.82, 2.24) is 9.97 Å². The molecule has 0 spiro atoms. The third-order valence-electron chi connectivity index (χ3n) is 2.35. The smallest absolute Gasteiger partial charge is 0.177 e. The van der Waals surface area contributed by atoms with Crippen molar-refractivity contribution in [2.75, 3.05) is 0 Å². The molecular formula is C13H7BrN4. The van der Waals surface area contributed by atoms with Crippen molar-refractivity contribution in [3.63, 3.8) is 0 Å². The van der Waals surface area contributed by atoms with Crippen molar-refractivity contribution in [3.05, 3.63) is 47.4 Å². The normalized spacial score (nSPS) is 9.50. The van der Waals surface area contributed by atoms with Crippen LogP contribution in [-0.4, -0.2) is 9.97 Å². The molecule has 86 valence electrons. The molecule has 0 unspecified atom stereocenters. The summed E-state index contributed by atoms with van der Waals surface area (Å²) in [6.45, 7) is 0. The highest BCUT2D eigenvalue weighted by molar-refractivity contribution is 9.08. The zero-order valence-electron chi connectivity index (χ0n) is 9.26. The molecule has 1 aromatic heterocycles. The Morgan fingerprint density at radius 3 is 2.17 bits per heavy atom. The lowest BCUT2D eigenvalue weighted by Crippen LogP contribution is -2.02. The van der Waals surface area contributed by atoms with Crippen LogP contribution in [0.25, 0.3) is 11.3 Å². The monoisotopic (exact) mass is 298 g/mol. The quantitative estimate of drug-likeness (QED) is 0.799. The van der Waals surface area contributed by atoms with Crippen molar-refractivity contribution in [2.45, 2.75) is 5.33 Å². The van der Waals surface area contributed by atoms with E-state index in [0.717, 1.165) is 5.56 Å². The van der Waals surface area contributed by atoms with Gasteiger partial charge in [-0.15, -0.1) is 0 Å². The predicted octanol–water partition coefficient (Wildman–Crippen LogP) is 2.78. The van der Waals surface area contributed by atoms with E-state index < -0.39 is 0 Å². The maximum absolute atomic E-state index is 8.97. The van der Waals surface area contributed by atoms with Crippen LogP contribution in [0.1, 0.15) is 17.1 Å². The summed E-state index contributed by atoms with van der Waals surface area (Å²) < 4.78 is 0. The van der Waals surface area contributed by atoms with Gasteiger partial charge < -0.3 is 0 Å². The van der Waals surface area contributed by atoms with Crippen LogP contribution in [-0.2, 0) is 5.33 Å². The summed E-state index contributed by atoms with van der Waals surface area (Å²) in [6.07, 6.45) is 0. The lowest BCUT2D eigenvalue weighted by Gasteiger charge is -2.06. The zero-order chi connectivity index (χ0) is 13.0. The minimum Gasteiger partial charge on any atom is -0.236 e. The molecule has 0 amide bonds. The molecule has 0 saturated heterocycles. The van der Waals surface area contributed by atoms with Crippen LogP contribution in [0.5, 0.6) is 0 Å². The minimum atomic E-state index is 0.0565. The number of rotatable bonds is 2. The molecule has 18 heavy (non-hydrogen) atoms. The van der Waals surface area contributed by atoms with Gasteiger partial charge in [0.15, 0.2) is 11.4 Å². The summed E-state index contributed by atoms with van der Waals surface area (Å²) in [5, 5.41) is 18.4. The van der Waals surface area contributed by atoms with Gasteiger partial charge >= 0.3 is 0 Å². The third-order valence-corrected chi connectivity index (χ3v) is 2.88. The molecular weight excluding hydrogens is 292 g/mol. The average Bonchev–Trinajstić information content (AvgIpc) is 2.46. The third kappa shape index (κ3) is 2.22. The Hall–Kier alpha value is -2.24. The van der Waals surface area contributed by atoms with E-state index in [1.807, 2.05) is 42.5 Å². The molecule has 4 nitrogen and oxygen atoms in total. The lowest BCUT2D eigenvalue weighted by atomic mass is 10.1. The molecule has 5 heteroatoms. The van der Waals surface area contributed by atoms with Crippen molar-refractivity contribution in [1.29, 1.82) is 10.5 Å². The van der Waals surface area contributed by atoms with Gasteiger partial charge in [0.25, 0.3) is 0 Å². The molecule has 0 N–H and O–H groups in total. The second kappa shape index (κ2) is 5.39. The largest absolute Gasteiger partial charge is 0.236 e. The summed E-state index contributed by atoms with van der Waals surface area (Å²) in [4.78, 5) is 8.39. The van der Waals surface area contributed by atoms with E-state index in [1.54, 1.807) is 0 Å². The van der Waals surface area contributed by atoms with E-state index in [-0.39, 0.29) is 11.4 Å². The van der Waals surface area contributed by atoms with Crippen LogP contribution in [0.15, 0.2) is 30.3 Å². The van der Waals surface area contributed by atoms with Crippen LogP contribution in [0.2, 0.25) is 0 Å². The highest BCUT2D eigenvalue weighted by Gasteiger charge is 2.13. The maximum atomic E-state index is 8.97. The fraction of sp³-hybridized carbons (Fsp3) is 0.0769. The number of halogens is 1. The molecule has 0 bridgehead atoms. The van der Waals surface area contributed by atoms with Gasteiger partial charge in [-0.3, -0.25) is 0 Å². The number of benzene rings is 1. The van der Waals surface area contributed by atoms with Crippen molar-refractivity contribution in [3.8, 4) is 23.4 Å². The number of hydrogen-bond donors (Lipinski definition) is 0. The molecule has 0 saturated carbocycles. The van der Waals surface area contributed by atoms with Crippen LogP contribution < -0.4 is 0 Å². The van der Waals surface area contributed by atoms with Crippen LogP contribution in [0.4, 0.5) is 0 Å². The molecule has 0 aliphatic heterocycles. The summed E-state index contributed by atoms with van der Waals surface area (Å²) in [7, 11) is 0. The fourth-order valence-electron chi connectivity index (χ4n) is 1.55. The number of nitriles is 2. The lowest BCUT2D eigenvalue weighted by molar-refractivity contribution is 1.07. The highest BCUT2D eigenvalue weighted by atomic mass is 79.9. The summed E-state index contributed by atoms with van der Waals surface area (Å²) in [5.41, 5.74) is 2.27. The highest BCUT2D eigenvalue weighted by Crippen LogP contribution is 2.23. The Balaban J connectivity index is 2.69.